The fraction of sp³-hybridized carbons (Fsp3) is 0.773. The lowest BCUT2D eigenvalue weighted by Crippen LogP contribution is -2.54. The Bertz CT molecular complexity index is 809. The van der Waals surface area contributed by atoms with Crippen LogP contribution in [0, 0.1) is 13.8 Å². The van der Waals surface area contributed by atoms with Gasteiger partial charge in [0.25, 0.3) is 0 Å². The number of likely N-dealkylation sites (tertiary alicyclic amines) is 1. The minimum Gasteiger partial charge on any atom is -0.378 e. The third kappa shape index (κ3) is 4.94. The zero-order valence-electron chi connectivity index (χ0n) is 19.1. The molecule has 1 aromatic rings. The number of hydrogen-bond donors (Lipinski definition) is 0. The van der Waals surface area contributed by atoms with Crippen LogP contribution in [0.4, 0.5) is 0 Å². The number of amides is 2. The fourth-order valence-corrected chi connectivity index (χ4v) is 4.76. The molecule has 1 spiro atoms. The topological polar surface area (TPSA) is 80.1 Å². The second kappa shape index (κ2) is 9.26. The summed E-state index contributed by atoms with van der Waals surface area (Å²) in [5.74, 6) is 1.10. The van der Waals surface area contributed by atoms with Crippen molar-refractivity contribution in [2.24, 2.45) is 7.05 Å². The van der Waals surface area contributed by atoms with Crippen LogP contribution < -0.4 is 0 Å². The van der Waals surface area contributed by atoms with E-state index in [1.807, 2.05) is 6.92 Å². The molecule has 2 amide bonds. The first kappa shape index (κ1) is 22.2. The number of carbonyl (C=O) groups is 2. The molecule has 31 heavy (non-hydrogen) atoms. The molecule has 172 valence electrons. The Morgan fingerprint density at radius 2 is 1.81 bits per heavy atom. The molecular formula is C22H35N5O4. The Morgan fingerprint density at radius 3 is 2.45 bits per heavy atom. The van der Waals surface area contributed by atoms with Crippen molar-refractivity contribution in [3.63, 3.8) is 0 Å². The number of carbonyl (C=O) groups excluding carboxylic acids is 2. The highest BCUT2D eigenvalue weighted by molar-refractivity contribution is 5.85. The van der Waals surface area contributed by atoms with E-state index in [2.05, 4.69) is 23.4 Å². The molecule has 0 bridgehead atoms. The van der Waals surface area contributed by atoms with Gasteiger partial charge < -0.3 is 23.8 Å². The van der Waals surface area contributed by atoms with Gasteiger partial charge in [0.1, 0.15) is 5.82 Å². The molecular weight excluding hydrogens is 398 g/mol. The van der Waals surface area contributed by atoms with Crippen LogP contribution in [-0.4, -0.2) is 101 Å². The first-order valence-corrected chi connectivity index (χ1v) is 11.4. The molecule has 3 aliphatic rings. The molecule has 4 heterocycles. The largest absolute Gasteiger partial charge is 0.378 e. The number of morpholine rings is 1. The van der Waals surface area contributed by atoms with Gasteiger partial charge in [-0.05, 0) is 26.7 Å². The van der Waals surface area contributed by atoms with Gasteiger partial charge in [-0.1, -0.05) is 0 Å². The van der Waals surface area contributed by atoms with Crippen molar-refractivity contribution in [2.45, 2.75) is 45.3 Å². The third-order valence-corrected chi connectivity index (χ3v) is 7.09. The van der Waals surface area contributed by atoms with E-state index in [0.717, 1.165) is 44.0 Å². The van der Waals surface area contributed by atoms with Gasteiger partial charge >= 0.3 is 0 Å². The number of aryl methyl sites for hydroxylation is 1. The zero-order valence-corrected chi connectivity index (χ0v) is 19.1. The van der Waals surface area contributed by atoms with Crippen LogP contribution >= 0.6 is 0 Å². The standard InChI is InChI=1S/C22H35N5O4/c1-17-18(2)24(3)19(23-17)14-25-7-5-22(6-8-25)16-27(20(28)4-11-31-22)15-21(29)26-9-12-30-13-10-26/h4-16H2,1-3H3. The van der Waals surface area contributed by atoms with E-state index in [9.17, 15) is 9.59 Å². The van der Waals surface area contributed by atoms with Crippen LogP contribution in [0.5, 0.6) is 0 Å². The van der Waals surface area contributed by atoms with E-state index in [1.54, 1.807) is 9.80 Å². The van der Waals surface area contributed by atoms with Crippen molar-refractivity contribution in [2.75, 3.05) is 59.1 Å². The number of imidazole rings is 1. The van der Waals surface area contributed by atoms with E-state index >= 15 is 0 Å². The van der Waals surface area contributed by atoms with Gasteiger partial charge in [0.15, 0.2) is 0 Å². The summed E-state index contributed by atoms with van der Waals surface area (Å²) in [4.78, 5) is 36.0. The number of nitrogens with zero attached hydrogens (tertiary/aromatic N) is 5. The Labute approximate surface area is 184 Å². The van der Waals surface area contributed by atoms with Gasteiger partial charge in [0.2, 0.25) is 11.8 Å². The van der Waals surface area contributed by atoms with Crippen molar-refractivity contribution < 1.29 is 19.1 Å². The van der Waals surface area contributed by atoms with E-state index in [4.69, 9.17) is 14.5 Å². The summed E-state index contributed by atoms with van der Waals surface area (Å²) >= 11 is 0. The van der Waals surface area contributed by atoms with Gasteiger partial charge in [-0.3, -0.25) is 14.5 Å². The average Bonchev–Trinajstić information content (AvgIpc) is 2.92. The summed E-state index contributed by atoms with van der Waals surface area (Å²) in [6, 6.07) is 0. The summed E-state index contributed by atoms with van der Waals surface area (Å²) in [6.45, 7) is 10.2. The van der Waals surface area contributed by atoms with Crippen LogP contribution in [0.25, 0.3) is 0 Å². The van der Waals surface area contributed by atoms with Gasteiger partial charge in [-0.2, -0.15) is 0 Å². The van der Waals surface area contributed by atoms with Gasteiger partial charge in [0.05, 0.1) is 57.2 Å². The molecule has 9 heteroatoms. The highest BCUT2D eigenvalue weighted by Gasteiger charge is 2.41. The summed E-state index contributed by atoms with van der Waals surface area (Å²) in [5.41, 5.74) is 1.92. The molecule has 0 radical (unpaired) electrons. The van der Waals surface area contributed by atoms with Crippen LogP contribution in [0.1, 0.15) is 36.5 Å². The second-order valence-electron chi connectivity index (χ2n) is 9.06. The smallest absolute Gasteiger partial charge is 0.242 e. The van der Waals surface area contributed by atoms with Gasteiger partial charge in [0, 0.05) is 38.9 Å². The Morgan fingerprint density at radius 1 is 1.10 bits per heavy atom. The van der Waals surface area contributed by atoms with E-state index in [1.165, 1.54) is 5.69 Å². The zero-order chi connectivity index (χ0) is 22.0. The predicted molar refractivity (Wildman–Crippen MR) is 114 cm³/mol. The lowest BCUT2D eigenvalue weighted by atomic mass is 9.90. The molecule has 0 unspecified atom stereocenters. The Kier molecular flexibility index (Phi) is 6.64. The molecule has 4 rings (SSSR count). The quantitative estimate of drug-likeness (QED) is 0.687. The summed E-state index contributed by atoms with van der Waals surface area (Å²) in [7, 11) is 2.07. The molecule has 0 N–H and O–H groups in total. The Hall–Kier alpha value is -1.97. The van der Waals surface area contributed by atoms with E-state index in [-0.39, 0.29) is 24.0 Å². The molecule has 0 aliphatic carbocycles. The van der Waals surface area contributed by atoms with Crippen molar-refractivity contribution >= 4 is 11.8 Å². The number of piperidine rings is 1. The highest BCUT2D eigenvalue weighted by Crippen LogP contribution is 2.31. The predicted octanol–water partition coefficient (Wildman–Crippen LogP) is 0.479. The molecule has 3 saturated heterocycles. The third-order valence-electron chi connectivity index (χ3n) is 7.09. The summed E-state index contributed by atoms with van der Waals surface area (Å²) < 4.78 is 13.7. The van der Waals surface area contributed by atoms with Gasteiger partial charge in [-0.15, -0.1) is 0 Å². The van der Waals surface area contributed by atoms with Crippen molar-refractivity contribution in [1.82, 2.24) is 24.3 Å². The highest BCUT2D eigenvalue weighted by atomic mass is 16.5. The van der Waals surface area contributed by atoms with E-state index < -0.39 is 0 Å². The average molecular weight is 434 g/mol. The van der Waals surface area contributed by atoms with Crippen molar-refractivity contribution in [3.8, 4) is 0 Å². The van der Waals surface area contributed by atoms with Crippen LogP contribution in [0.2, 0.25) is 0 Å². The minimum atomic E-state index is -0.360. The first-order chi connectivity index (χ1) is 14.9. The van der Waals surface area contributed by atoms with Crippen LogP contribution in [-0.2, 0) is 32.7 Å². The minimum absolute atomic E-state index is 0.00616. The molecule has 0 saturated carbocycles. The number of hydrogen-bond acceptors (Lipinski definition) is 6. The first-order valence-electron chi connectivity index (χ1n) is 11.4. The number of aromatic nitrogens is 2. The normalized spacial score (nSPS) is 22.7. The molecule has 0 aromatic carbocycles. The molecule has 1 aromatic heterocycles. The molecule has 3 aliphatic heterocycles. The Balaban J connectivity index is 1.36. The lowest BCUT2D eigenvalue weighted by Gasteiger charge is -2.42. The fourth-order valence-electron chi connectivity index (χ4n) is 4.76. The van der Waals surface area contributed by atoms with Crippen LogP contribution in [0.3, 0.4) is 0 Å². The maximum absolute atomic E-state index is 12.7. The number of ether oxygens (including phenoxy) is 2. The van der Waals surface area contributed by atoms with Gasteiger partial charge in [-0.25, -0.2) is 4.98 Å². The molecule has 0 atom stereocenters. The van der Waals surface area contributed by atoms with Crippen molar-refractivity contribution in [1.29, 1.82) is 0 Å². The number of rotatable bonds is 4. The van der Waals surface area contributed by atoms with Crippen molar-refractivity contribution in [3.05, 3.63) is 17.2 Å². The lowest BCUT2D eigenvalue weighted by molar-refractivity contribution is -0.144. The maximum atomic E-state index is 12.7. The van der Waals surface area contributed by atoms with Crippen LogP contribution in [0.15, 0.2) is 0 Å². The second-order valence-corrected chi connectivity index (χ2v) is 9.06. The maximum Gasteiger partial charge on any atom is 0.242 e. The SMILES string of the molecule is Cc1nc(CN2CCC3(CC2)CN(CC(=O)N2CCOCC2)C(=O)CCO3)n(C)c1C. The molecule has 9 nitrogen and oxygen atoms in total. The molecule has 3 fully saturated rings. The summed E-state index contributed by atoms with van der Waals surface area (Å²) in [5, 5.41) is 0. The monoisotopic (exact) mass is 433 g/mol. The summed E-state index contributed by atoms with van der Waals surface area (Å²) in [6.07, 6.45) is 2.05. The van der Waals surface area contributed by atoms with E-state index in [0.29, 0.717) is 45.9 Å².